The summed E-state index contributed by atoms with van der Waals surface area (Å²) in [4.78, 5) is 10.1. The first-order valence-corrected chi connectivity index (χ1v) is 5.46. The van der Waals surface area contributed by atoms with Crippen LogP contribution in [0.2, 0.25) is 0 Å². The Hall–Kier alpha value is -2.70. The van der Waals surface area contributed by atoms with E-state index in [4.69, 9.17) is 9.47 Å². The number of hydrogen-bond donors (Lipinski definition) is 0. The van der Waals surface area contributed by atoms with Gasteiger partial charge in [0.2, 0.25) is 5.75 Å². The molecule has 0 bridgehead atoms. The van der Waals surface area contributed by atoms with Crippen LogP contribution in [0.5, 0.6) is 17.2 Å². The third-order valence-corrected chi connectivity index (χ3v) is 2.47. The van der Waals surface area contributed by atoms with Gasteiger partial charge in [0, 0.05) is 18.2 Å². The molecule has 0 unspecified atom stereocenters. The minimum atomic E-state index is -0.873. The topological polar surface area (TPSA) is 61.6 Å². The largest absolute Gasteiger partial charge is 0.490 e. The van der Waals surface area contributed by atoms with Crippen LogP contribution in [0.25, 0.3) is 0 Å². The van der Waals surface area contributed by atoms with Crippen LogP contribution in [0, 0.1) is 21.7 Å². The number of nitro groups is 1. The number of methoxy groups -OCH3 is 1. The second-order valence-corrected chi connectivity index (χ2v) is 3.77. The van der Waals surface area contributed by atoms with Gasteiger partial charge < -0.3 is 9.47 Å². The Balaban J connectivity index is 2.32. The molecule has 0 spiro atoms. The van der Waals surface area contributed by atoms with Gasteiger partial charge in [-0.2, -0.15) is 0 Å². The molecular formula is C13H9F2NO4. The maximum Gasteiger partial charge on any atom is 0.311 e. The molecule has 0 N–H and O–H groups in total. The van der Waals surface area contributed by atoms with Crippen LogP contribution in [-0.2, 0) is 0 Å². The highest BCUT2D eigenvalue weighted by Gasteiger charge is 2.16. The molecule has 104 valence electrons. The van der Waals surface area contributed by atoms with Gasteiger partial charge in [0.05, 0.1) is 12.0 Å². The average Bonchev–Trinajstić information content (AvgIpc) is 2.41. The van der Waals surface area contributed by atoms with Crippen molar-refractivity contribution in [3.63, 3.8) is 0 Å². The molecule has 0 aliphatic carbocycles. The summed E-state index contributed by atoms with van der Waals surface area (Å²) in [6.07, 6.45) is 0. The Morgan fingerprint density at radius 2 is 1.85 bits per heavy atom. The summed E-state index contributed by atoms with van der Waals surface area (Å²) in [5.74, 6) is -1.67. The van der Waals surface area contributed by atoms with Crippen LogP contribution in [0.1, 0.15) is 0 Å². The molecule has 0 aliphatic heterocycles. The lowest BCUT2D eigenvalue weighted by atomic mass is 10.2. The maximum absolute atomic E-state index is 13.4. The zero-order valence-electron chi connectivity index (χ0n) is 10.3. The first-order valence-electron chi connectivity index (χ1n) is 5.46. The van der Waals surface area contributed by atoms with E-state index in [1.54, 1.807) is 0 Å². The second-order valence-electron chi connectivity index (χ2n) is 3.77. The SMILES string of the molecule is COc1cc(Oc2ccc(F)cc2F)ccc1[N+](=O)[O-]. The molecule has 5 nitrogen and oxygen atoms in total. The van der Waals surface area contributed by atoms with E-state index in [9.17, 15) is 18.9 Å². The van der Waals surface area contributed by atoms with E-state index >= 15 is 0 Å². The van der Waals surface area contributed by atoms with Crippen molar-refractivity contribution in [1.29, 1.82) is 0 Å². The van der Waals surface area contributed by atoms with Gasteiger partial charge in [-0.3, -0.25) is 10.1 Å². The number of ether oxygens (including phenoxy) is 2. The Bertz CT molecular complexity index is 661. The summed E-state index contributed by atoms with van der Waals surface area (Å²) in [7, 11) is 1.27. The fourth-order valence-electron chi connectivity index (χ4n) is 1.56. The highest BCUT2D eigenvalue weighted by atomic mass is 19.1. The monoisotopic (exact) mass is 281 g/mol. The Kier molecular flexibility index (Phi) is 3.79. The molecule has 0 radical (unpaired) electrons. The van der Waals surface area contributed by atoms with Gasteiger partial charge in [0.1, 0.15) is 11.6 Å². The average molecular weight is 281 g/mol. The first-order chi connectivity index (χ1) is 9.51. The van der Waals surface area contributed by atoms with Crippen LogP contribution < -0.4 is 9.47 Å². The van der Waals surface area contributed by atoms with E-state index in [1.807, 2.05) is 0 Å². The molecule has 0 fully saturated rings. The summed E-state index contributed by atoms with van der Waals surface area (Å²) < 4.78 is 36.2. The lowest BCUT2D eigenvalue weighted by Gasteiger charge is -2.08. The molecule has 0 saturated carbocycles. The number of hydrogen-bond acceptors (Lipinski definition) is 4. The predicted octanol–water partition coefficient (Wildman–Crippen LogP) is 3.67. The van der Waals surface area contributed by atoms with Crippen LogP contribution in [0.3, 0.4) is 0 Å². The third-order valence-electron chi connectivity index (χ3n) is 2.47. The molecule has 0 aliphatic rings. The zero-order valence-corrected chi connectivity index (χ0v) is 10.3. The molecule has 2 rings (SSSR count). The number of benzene rings is 2. The second kappa shape index (κ2) is 5.52. The molecule has 2 aromatic carbocycles. The van der Waals surface area contributed by atoms with Crippen LogP contribution in [0.4, 0.5) is 14.5 Å². The molecule has 2 aromatic rings. The number of rotatable bonds is 4. The van der Waals surface area contributed by atoms with E-state index < -0.39 is 16.6 Å². The van der Waals surface area contributed by atoms with Crippen molar-refractivity contribution in [3.05, 3.63) is 58.1 Å². The number of halogens is 2. The van der Waals surface area contributed by atoms with Gasteiger partial charge in [0.15, 0.2) is 11.6 Å². The smallest absolute Gasteiger partial charge is 0.311 e. The molecule has 0 amide bonds. The van der Waals surface area contributed by atoms with Crippen LogP contribution >= 0.6 is 0 Å². The van der Waals surface area contributed by atoms with Crippen molar-refractivity contribution >= 4 is 5.69 Å². The van der Waals surface area contributed by atoms with Crippen LogP contribution in [0.15, 0.2) is 36.4 Å². The normalized spacial score (nSPS) is 10.2. The number of nitrogens with zero attached hydrogens (tertiary/aromatic N) is 1. The molecule has 20 heavy (non-hydrogen) atoms. The fourth-order valence-corrected chi connectivity index (χ4v) is 1.56. The Morgan fingerprint density at radius 1 is 1.10 bits per heavy atom. The molecule has 0 aromatic heterocycles. The molecule has 0 saturated heterocycles. The molecule has 0 heterocycles. The number of nitro benzene ring substituents is 1. The van der Waals surface area contributed by atoms with Crippen molar-refractivity contribution in [1.82, 2.24) is 0 Å². The molecular weight excluding hydrogens is 272 g/mol. The van der Waals surface area contributed by atoms with E-state index in [0.29, 0.717) is 6.07 Å². The lowest BCUT2D eigenvalue weighted by molar-refractivity contribution is -0.385. The van der Waals surface area contributed by atoms with Crippen molar-refractivity contribution in [2.75, 3.05) is 7.11 Å². The van der Waals surface area contributed by atoms with Crippen molar-refractivity contribution in [2.45, 2.75) is 0 Å². The maximum atomic E-state index is 13.4. The van der Waals surface area contributed by atoms with Crippen molar-refractivity contribution < 1.29 is 23.2 Å². The van der Waals surface area contributed by atoms with Gasteiger partial charge in [-0.15, -0.1) is 0 Å². The van der Waals surface area contributed by atoms with Gasteiger partial charge in [0.25, 0.3) is 0 Å². The quantitative estimate of drug-likeness (QED) is 0.633. The summed E-state index contributed by atoms with van der Waals surface area (Å²) in [5, 5.41) is 10.7. The predicted molar refractivity (Wildman–Crippen MR) is 66.1 cm³/mol. The zero-order chi connectivity index (χ0) is 14.7. The molecule has 7 heteroatoms. The van der Waals surface area contributed by atoms with Gasteiger partial charge in [-0.05, 0) is 18.2 Å². The van der Waals surface area contributed by atoms with Gasteiger partial charge in [-0.25, -0.2) is 8.78 Å². The highest BCUT2D eigenvalue weighted by molar-refractivity contribution is 5.51. The van der Waals surface area contributed by atoms with E-state index in [0.717, 1.165) is 12.1 Å². The van der Waals surface area contributed by atoms with Gasteiger partial charge >= 0.3 is 5.69 Å². The van der Waals surface area contributed by atoms with E-state index in [1.165, 1.54) is 25.3 Å². The molecule has 0 atom stereocenters. The first kappa shape index (κ1) is 13.7. The van der Waals surface area contributed by atoms with Crippen molar-refractivity contribution in [3.8, 4) is 17.2 Å². The fraction of sp³-hybridized carbons (Fsp3) is 0.0769. The minimum Gasteiger partial charge on any atom is -0.490 e. The summed E-state index contributed by atoms with van der Waals surface area (Å²) in [6, 6.07) is 6.57. The standard InChI is InChI=1S/C13H9F2NO4/c1-19-13-7-9(3-4-11(13)16(17)18)20-12-5-2-8(14)6-10(12)15/h2-7H,1H3. The van der Waals surface area contributed by atoms with Crippen LogP contribution in [-0.4, -0.2) is 12.0 Å². The minimum absolute atomic E-state index is 0.0185. The van der Waals surface area contributed by atoms with Gasteiger partial charge in [-0.1, -0.05) is 0 Å². The van der Waals surface area contributed by atoms with E-state index in [-0.39, 0.29) is 22.9 Å². The van der Waals surface area contributed by atoms with Crippen molar-refractivity contribution in [2.24, 2.45) is 0 Å². The Labute approximate surface area is 112 Å². The summed E-state index contributed by atoms with van der Waals surface area (Å²) in [6.45, 7) is 0. The summed E-state index contributed by atoms with van der Waals surface area (Å²) in [5.41, 5.74) is -0.237. The highest BCUT2D eigenvalue weighted by Crippen LogP contribution is 2.33. The lowest BCUT2D eigenvalue weighted by Crippen LogP contribution is -1.95. The Morgan fingerprint density at radius 3 is 2.45 bits per heavy atom. The summed E-state index contributed by atoms with van der Waals surface area (Å²) >= 11 is 0. The van der Waals surface area contributed by atoms with E-state index in [2.05, 4.69) is 0 Å². The third kappa shape index (κ3) is 2.82.